The summed E-state index contributed by atoms with van der Waals surface area (Å²) in [6.07, 6.45) is 4.95. The van der Waals surface area contributed by atoms with Gasteiger partial charge in [0.25, 0.3) is 0 Å². The molecule has 0 heterocycles. The Kier molecular flexibility index (Phi) is 6.95. The number of nitrogens with two attached hydrogens (primary N) is 1. The molecule has 3 N–H and O–H groups in total. The molecule has 4 nitrogen and oxygen atoms in total. The van der Waals surface area contributed by atoms with Gasteiger partial charge in [-0.3, -0.25) is 4.79 Å². The first-order valence-electron chi connectivity index (χ1n) is 5.60. The molecule has 0 aromatic heterocycles. The molecule has 1 rings (SSSR count). The number of carbonyl (C=O) groups is 1. The van der Waals surface area contributed by atoms with Crippen molar-refractivity contribution in [3.05, 3.63) is 0 Å². The fraction of sp³-hybridized carbons (Fsp3) is 0.909. The Balaban J connectivity index is 0.00000225. The Morgan fingerprint density at radius 3 is 2.56 bits per heavy atom. The first-order valence-corrected chi connectivity index (χ1v) is 5.60. The SMILES string of the molecule is COCC(N)C(=O)NCC1(C)CCCC1.Cl. The van der Waals surface area contributed by atoms with Crippen LogP contribution < -0.4 is 11.1 Å². The van der Waals surface area contributed by atoms with Crippen molar-refractivity contribution < 1.29 is 9.53 Å². The molecular formula is C11H23ClN2O2. The van der Waals surface area contributed by atoms with Crippen LogP contribution in [0.1, 0.15) is 32.6 Å². The zero-order valence-corrected chi connectivity index (χ0v) is 10.9. The van der Waals surface area contributed by atoms with Gasteiger partial charge in [-0.1, -0.05) is 19.8 Å². The summed E-state index contributed by atoms with van der Waals surface area (Å²) in [5.74, 6) is -0.107. The average molecular weight is 251 g/mol. The Bertz CT molecular complexity index is 218. The second kappa shape index (κ2) is 7.09. The summed E-state index contributed by atoms with van der Waals surface area (Å²) in [4.78, 5) is 11.5. The Morgan fingerprint density at radius 1 is 1.50 bits per heavy atom. The highest BCUT2D eigenvalue weighted by Crippen LogP contribution is 2.36. The van der Waals surface area contributed by atoms with Gasteiger partial charge in [-0.25, -0.2) is 0 Å². The van der Waals surface area contributed by atoms with Gasteiger partial charge in [0, 0.05) is 13.7 Å². The van der Waals surface area contributed by atoms with Gasteiger partial charge in [0.15, 0.2) is 0 Å². The summed E-state index contributed by atoms with van der Waals surface area (Å²) in [6.45, 7) is 3.24. The van der Waals surface area contributed by atoms with E-state index in [2.05, 4.69) is 12.2 Å². The third-order valence-corrected chi connectivity index (χ3v) is 3.18. The van der Waals surface area contributed by atoms with Gasteiger partial charge in [-0.05, 0) is 18.3 Å². The topological polar surface area (TPSA) is 64.3 Å². The summed E-state index contributed by atoms with van der Waals surface area (Å²) >= 11 is 0. The molecule has 1 aliphatic rings. The maximum atomic E-state index is 11.5. The van der Waals surface area contributed by atoms with E-state index in [9.17, 15) is 4.79 Å². The zero-order valence-electron chi connectivity index (χ0n) is 10.1. The molecular weight excluding hydrogens is 228 g/mol. The normalized spacial score (nSPS) is 19.9. The van der Waals surface area contributed by atoms with E-state index in [4.69, 9.17) is 10.5 Å². The number of hydrogen-bond acceptors (Lipinski definition) is 3. The summed E-state index contributed by atoms with van der Waals surface area (Å²) in [5, 5.41) is 2.91. The lowest BCUT2D eigenvalue weighted by molar-refractivity contribution is -0.123. The number of hydrogen-bond donors (Lipinski definition) is 2. The fourth-order valence-electron chi connectivity index (χ4n) is 2.09. The van der Waals surface area contributed by atoms with Gasteiger partial charge in [-0.2, -0.15) is 0 Å². The van der Waals surface area contributed by atoms with Gasteiger partial charge in [0.05, 0.1) is 6.61 Å². The van der Waals surface area contributed by atoms with Crippen molar-refractivity contribution in [2.45, 2.75) is 38.6 Å². The van der Waals surface area contributed by atoms with Crippen LogP contribution in [0.25, 0.3) is 0 Å². The van der Waals surface area contributed by atoms with Gasteiger partial charge < -0.3 is 15.8 Å². The standard InChI is InChI=1S/C11H22N2O2.ClH/c1-11(5-3-4-6-11)8-13-10(14)9(12)7-15-2;/h9H,3-8,12H2,1-2H3,(H,13,14);1H. The predicted molar refractivity (Wildman–Crippen MR) is 66.7 cm³/mol. The van der Waals surface area contributed by atoms with Gasteiger partial charge in [0.1, 0.15) is 6.04 Å². The average Bonchev–Trinajstić information content (AvgIpc) is 2.63. The number of ether oxygens (including phenoxy) is 1. The van der Waals surface area contributed by atoms with Crippen LogP contribution in [-0.4, -0.2) is 32.2 Å². The van der Waals surface area contributed by atoms with Crippen molar-refractivity contribution in [1.29, 1.82) is 0 Å². The maximum Gasteiger partial charge on any atom is 0.239 e. The van der Waals surface area contributed by atoms with Crippen molar-refractivity contribution >= 4 is 18.3 Å². The van der Waals surface area contributed by atoms with Crippen molar-refractivity contribution in [3.63, 3.8) is 0 Å². The molecule has 0 radical (unpaired) electrons. The molecule has 1 amide bonds. The highest BCUT2D eigenvalue weighted by atomic mass is 35.5. The molecule has 5 heteroatoms. The molecule has 1 aliphatic carbocycles. The van der Waals surface area contributed by atoms with E-state index in [0.717, 1.165) is 6.54 Å². The maximum absolute atomic E-state index is 11.5. The quantitative estimate of drug-likeness (QED) is 0.768. The van der Waals surface area contributed by atoms with Crippen LogP contribution in [0.4, 0.5) is 0 Å². The third-order valence-electron chi connectivity index (χ3n) is 3.18. The second-order valence-electron chi connectivity index (χ2n) is 4.80. The second-order valence-corrected chi connectivity index (χ2v) is 4.80. The Labute approximate surface area is 104 Å². The van der Waals surface area contributed by atoms with Crippen molar-refractivity contribution in [2.24, 2.45) is 11.1 Å². The first-order chi connectivity index (χ1) is 7.07. The van der Waals surface area contributed by atoms with Crippen LogP contribution in [0.5, 0.6) is 0 Å². The highest BCUT2D eigenvalue weighted by molar-refractivity contribution is 5.85. The van der Waals surface area contributed by atoms with E-state index < -0.39 is 6.04 Å². The van der Waals surface area contributed by atoms with Crippen LogP contribution in [0.2, 0.25) is 0 Å². The zero-order chi connectivity index (χ0) is 11.3. The van der Waals surface area contributed by atoms with E-state index >= 15 is 0 Å². The van der Waals surface area contributed by atoms with E-state index in [1.807, 2.05) is 0 Å². The Morgan fingerprint density at radius 2 is 2.06 bits per heavy atom. The molecule has 0 saturated heterocycles. The van der Waals surface area contributed by atoms with Gasteiger partial charge in [-0.15, -0.1) is 12.4 Å². The number of nitrogens with one attached hydrogen (secondary N) is 1. The number of methoxy groups -OCH3 is 1. The summed E-state index contributed by atoms with van der Waals surface area (Å²) in [7, 11) is 1.55. The van der Waals surface area contributed by atoms with Crippen molar-refractivity contribution in [2.75, 3.05) is 20.3 Å². The molecule has 1 unspecified atom stereocenters. The van der Waals surface area contributed by atoms with Crippen LogP contribution >= 0.6 is 12.4 Å². The highest BCUT2D eigenvalue weighted by Gasteiger charge is 2.29. The Hall–Kier alpha value is -0.320. The molecule has 0 aromatic carbocycles. The molecule has 1 fully saturated rings. The van der Waals surface area contributed by atoms with Crippen LogP contribution in [0.3, 0.4) is 0 Å². The molecule has 0 spiro atoms. The number of rotatable bonds is 5. The lowest BCUT2D eigenvalue weighted by Gasteiger charge is -2.24. The minimum Gasteiger partial charge on any atom is -0.383 e. The largest absolute Gasteiger partial charge is 0.383 e. The monoisotopic (exact) mass is 250 g/mol. The summed E-state index contributed by atoms with van der Waals surface area (Å²) in [6, 6.07) is -0.542. The van der Waals surface area contributed by atoms with Crippen LogP contribution in [0.15, 0.2) is 0 Å². The van der Waals surface area contributed by atoms with Crippen LogP contribution in [0, 0.1) is 5.41 Å². The van der Waals surface area contributed by atoms with Gasteiger partial charge >= 0.3 is 0 Å². The van der Waals surface area contributed by atoms with E-state index in [1.54, 1.807) is 7.11 Å². The molecule has 16 heavy (non-hydrogen) atoms. The smallest absolute Gasteiger partial charge is 0.239 e. The molecule has 0 aromatic rings. The first kappa shape index (κ1) is 15.7. The van der Waals surface area contributed by atoms with Crippen molar-refractivity contribution in [3.8, 4) is 0 Å². The molecule has 1 saturated carbocycles. The van der Waals surface area contributed by atoms with E-state index in [1.165, 1.54) is 25.7 Å². The molecule has 0 bridgehead atoms. The fourth-order valence-corrected chi connectivity index (χ4v) is 2.09. The van der Waals surface area contributed by atoms with Crippen molar-refractivity contribution in [1.82, 2.24) is 5.32 Å². The molecule has 0 aliphatic heterocycles. The number of halogens is 1. The van der Waals surface area contributed by atoms with Crippen LogP contribution in [-0.2, 0) is 9.53 Å². The third kappa shape index (κ3) is 4.68. The van der Waals surface area contributed by atoms with Gasteiger partial charge in [0.2, 0.25) is 5.91 Å². The van der Waals surface area contributed by atoms with E-state index in [0.29, 0.717) is 0 Å². The predicted octanol–water partition coefficient (Wildman–Crippen LogP) is 1.08. The lowest BCUT2D eigenvalue weighted by Crippen LogP contribution is -2.46. The minimum absolute atomic E-state index is 0. The number of amides is 1. The molecule has 96 valence electrons. The minimum atomic E-state index is -0.542. The molecule has 1 atom stereocenters. The number of carbonyl (C=O) groups excluding carboxylic acids is 1. The lowest BCUT2D eigenvalue weighted by atomic mass is 9.89. The summed E-state index contributed by atoms with van der Waals surface area (Å²) in [5.41, 5.74) is 5.90. The summed E-state index contributed by atoms with van der Waals surface area (Å²) < 4.78 is 4.84. The van der Waals surface area contributed by atoms with E-state index in [-0.39, 0.29) is 30.3 Å².